The van der Waals surface area contributed by atoms with E-state index in [0.29, 0.717) is 34.1 Å². The van der Waals surface area contributed by atoms with Gasteiger partial charge in [0, 0.05) is 22.3 Å². The summed E-state index contributed by atoms with van der Waals surface area (Å²) in [4.78, 5) is 24.8. The molecule has 0 unspecified atom stereocenters. The Bertz CT molecular complexity index is 944. The van der Waals surface area contributed by atoms with E-state index in [0.717, 1.165) is 0 Å². The van der Waals surface area contributed by atoms with E-state index in [9.17, 15) is 9.59 Å². The lowest BCUT2D eigenvalue weighted by Crippen LogP contribution is -2.35. The molecular formula is C20H18O6. The van der Waals surface area contributed by atoms with Crippen molar-refractivity contribution < 1.29 is 18.9 Å². The summed E-state index contributed by atoms with van der Waals surface area (Å²) in [6, 6.07) is 10.2. The standard InChI is InChI=1S/C20H18O6/c1-23-11-5-7-15(25-3)13(9-11)17-18(20(22)19(17)21)14-10-12(24-2)6-8-16(14)26-4/h5-10H,1-4H3. The van der Waals surface area contributed by atoms with Gasteiger partial charge in [-0.2, -0.15) is 0 Å². The molecule has 0 N–H and O–H groups in total. The molecule has 0 heterocycles. The van der Waals surface area contributed by atoms with Crippen LogP contribution < -0.4 is 29.8 Å². The number of ether oxygens (including phenoxy) is 4. The van der Waals surface area contributed by atoms with Gasteiger partial charge in [-0.25, -0.2) is 0 Å². The van der Waals surface area contributed by atoms with Gasteiger partial charge in [-0.1, -0.05) is 0 Å². The molecule has 0 aromatic heterocycles. The highest BCUT2D eigenvalue weighted by atomic mass is 16.5. The summed E-state index contributed by atoms with van der Waals surface area (Å²) in [7, 11) is 6.06. The third kappa shape index (κ3) is 2.69. The van der Waals surface area contributed by atoms with Crippen molar-refractivity contribution in [2.75, 3.05) is 28.4 Å². The van der Waals surface area contributed by atoms with Gasteiger partial charge in [0.15, 0.2) is 0 Å². The molecule has 3 rings (SSSR count). The minimum absolute atomic E-state index is 0.275. The predicted molar refractivity (Wildman–Crippen MR) is 98.4 cm³/mol. The number of methoxy groups -OCH3 is 4. The summed E-state index contributed by atoms with van der Waals surface area (Å²) in [5.41, 5.74) is 0.398. The number of rotatable bonds is 6. The maximum Gasteiger partial charge on any atom is 0.235 e. The summed E-state index contributed by atoms with van der Waals surface area (Å²) in [5.74, 6) is 2.05. The lowest BCUT2D eigenvalue weighted by atomic mass is 9.88. The van der Waals surface area contributed by atoms with Crippen LogP contribution in [-0.2, 0) is 0 Å². The van der Waals surface area contributed by atoms with Crippen LogP contribution in [0, 0.1) is 0 Å². The van der Waals surface area contributed by atoms with Crippen LogP contribution in [0.1, 0.15) is 0 Å². The van der Waals surface area contributed by atoms with Gasteiger partial charge in [-0.05, 0) is 36.4 Å². The second-order valence-electron chi connectivity index (χ2n) is 5.54. The molecule has 0 saturated heterocycles. The average Bonchev–Trinajstić information content (AvgIpc) is 2.70. The van der Waals surface area contributed by atoms with Crippen LogP contribution in [0.4, 0.5) is 0 Å². The minimum atomic E-state index is -0.573. The van der Waals surface area contributed by atoms with E-state index < -0.39 is 10.9 Å². The number of hydrogen-bond acceptors (Lipinski definition) is 6. The molecule has 3 aromatic carbocycles. The van der Waals surface area contributed by atoms with Crippen molar-refractivity contribution in [2.45, 2.75) is 0 Å². The Morgan fingerprint density at radius 1 is 0.577 bits per heavy atom. The molecule has 0 atom stereocenters. The maximum atomic E-state index is 12.4. The van der Waals surface area contributed by atoms with Crippen molar-refractivity contribution in [2.24, 2.45) is 0 Å². The Morgan fingerprint density at radius 2 is 0.962 bits per heavy atom. The van der Waals surface area contributed by atoms with Gasteiger partial charge in [0.2, 0.25) is 10.9 Å². The molecular weight excluding hydrogens is 336 g/mol. The van der Waals surface area contributed by atoms with Crippen molar-refractivity contribution in [3.8, 4) is 45.3 Å². The first kappa shape index (κ1) is 17.5. The average molecular weight is 354 g/mol. The third-order valence-corrected chi connectivity index (χ3v) is 4.26. The fraction of sp³-hybridized carbons (Fsp3) is 0.200. The zero-order valence-electron chi connectivity index (χ0n) is 14.9. The predicted octanol–water partition coefficient (Wildman–Crippen LogP) is 2.65. The molecule has 6 nitrogen and oxygen atoms in total. The highest BCUT2D eigenvalue weighted by Gasteiger charge is 2.28. The fourth-order valence-electron chi connectivity index (χ4n) is 2.92. The van der Waals surface area contributed by atoms with Gasteiger partial charge in [0.25, 0.3) is 0 Å². The summed E-state index contributed by atoms with van der Waals surface area (Å²) in [6.07, 6.45) is 0. The molecule has 26 heavy (non-hydrogen) atoms. The van der Waals surface area contributed by atoms with Crippen molar-refractivity contribution >= 4 is 0 Å². The van der Waals surface area contributed by atoms with Gasteiger partial charge >= 0.3 is 0 Å². The van der Waals surface area contributed by atoms with Gasteiger partial charge in [0.05, 0.1) is 28.4 Å². The molecule has 0 spiro atoms. The van der Waals surface area contributed by atoms with Crippen LogP contribution in [0.5, 0.6) is 23.0 Å². The van der Waals surface area contributed by atoms with E-state index in [1.54, 1.807) is 36.4 Å². The SMILES string of the molecule is COc1ccc(OC)c(-c2c(-c3cc(OC)ccc3OC)c(=O)c2=O)c1. The highest BCUT2D eigenvalue weighted by molar-refractivity contribution is 5.92. The van der Waals surface area contributed by atoms with Crippen LogP contribution in [-0.4, -0.2) is 28.4 Å². The van der Waals surface area contributed by atoms with E-state index in [-0.39, 0.29) is 11.1 Å². The van der Waals surface area contributed by atoms with Crippen molar-refractivity contribution in [3.05, 3.63) is 56.8 Å². The Hall–Kier alpha value is -3.28. The monoisotopic (exact) mass is 354 g/mol. The molecule has 0 fully saturated rings. The van der Waals surface area contributed by atoms with E-state index in [2.05, 4.69) is 0 Å². The second-order valence-corrected chi connectivity index (χ2v) is 5.54. The Balaban J connectivity index is 2.29. The quantitative estimate of drug-likeness (QED) is 0.634. The highest BCUT2D eigenvalue weighted by Crippen LogP contribution is 2.40. The zero-order valence-corrected chi connectivity index (χ0v) is 14.9. The van der Waals surface area contributed by atoms with E-state index in [1.807, 2.05) is 0 Å². The minimum Gasteiger partial charge on any atom is -0.497 e. The largest absolute Gasteiger partial charge is 0.497 e. The molecule has 0 saturated carbocycles. The van der Waals surface area contributed by atoms with Crippen molar-refractivity contribution in [3.63, 3.8) is 0 Å². The van der Waals surface area contributed by atoms with Crippen LogP contribution in [0.3, 0.4) is 0 Å². The first-order valence-electron chi connectivity index (χ1n) is 7.83. The lowest BCUT2D eigenvalue weighted by Gasteiger charge is -2.17. The number of hydrogen-bond donors (Lipinski definition) is 0. The van der Waals surface area contributed by atoms with E-state index >= 15 is 0 Å². The zero-order chi connectivity index (χ0) is 18.8. The molecule has 0 bridgehead atoms. The van der Waals surface area contributed by atoms with Crippen molar-refractivity contribution in [1.29, 1.82) is 0 Å². The van der Waals surface area contributed by atoms with Gasteiger partial charge < -0.3 is 18.9 Å². The van der Waals surface area contributed by atoms with Gasteiger partial charge in [-0.3, -0.25) is 9.59 Å². The first-order valence-corrected chi connectivity index (χ1v) is 7.83. The van der Waals surface area contributed by atoms with Crippen molar-refractivity contribution in [1.82, 2.24) is 0 Å². The third-order valence-electron chi connectivity index (χ3n) is 4.26. The molecule has 6 heteroatoms. The Kier molecular flexibility index (Phi) is 4.67. The van der Waals surface area contributed by atoms with Gasteiger partial charge in [-0.15, -0.1) is 0 Å². The molecule has 0 radical (unpaired) electrons. The summed E-state index contributed by atoms with van der Waals surface area (Å²) >= 11 is 0. The molecule has 0 aliphatic heterocycles. The smallest absolute Gasteiger partial charge is 0.235 e. The molecule has 134 valence electrons. The van der Waals surface area contributed by atoms with E-state index in [4.69, 9.17) is 18.9 Å². The van der Waals surface area contributed by atoms with E-state index in [1.165, 1.54) is 28.4 Å². The van der Waals surface area contributed by atoms with Gasteiger partial charge in [0.1, 0.15) is 23.0 Å². The molecule has 0 aliphatic carbocycles. The molecule has 3 aromatic rings. The normalized spacial score (nSPS) is 10.6. The topological polar surface area (TPSA) is 71.1 Å². The maximum absolute atomic E-state index is 12.4. The summed E-state index contributed by atoms with van der Waals surface area (Å²) < 4.78 is 21.2. The summed E-state index contributed by atoms with van der Waals surface area (Å²) in [6.45, 7) is 0. The van der Waals surface area contributed by atoms with Crippen LogP contribution >= 0.6 is 0 Å². The van der Waals surface area contributed by atoms with Crippen LogP contribution in [0.25, 0.3) is 22.3 Å². The van der Waals surface area contributed by atoms with Crippen LogP contribution in [0.15, 0.2) is 46.0 Å². The Labute approximate surface area is 150 Å². The molecule has 0 aliphatic rings. The fourth-order valence-corrected chi connectivity index (χ4v) is 2.92. The lowest BCUT2D eigenvalue weighted by molar-refractivity contribution is 0.404. The Morgan fingerprint density at radius 3 is 1.27 bits per heavy atom. The first-order chi connectivity index (χ1) is 12.5. The number of benzene rings is 2. The van der Waals surface area contributed by atoms with Crippen LogP contribution in [0.2, 0.25) is 0 Å². The molecule has 0 amide bonds. The second kappa shape index (κ2) is 6.92. The summed E-state index contributed by atoms with van der Waals surface area (Å²) in [5, 5.41) is 0.